The van der Waals surface area contributed by atoms with Crippen LogP contribution in [0.5, 0.6) is 0 Å². The first-order valence-electron chi connectivity index (χ1n) is 15.7. The van der Waals surface area contributed by atoms with Crippen molar-refractivity contribution in [3.8, 4) is 0 Å². The van der Waals surface area contributed by atoms with Crippen molar-refractivity contribution in [2.24, 2.45) is 50.2 Å². The molecule has 5 aliphatic carbocycles. The van der Waals surface area contributed by atoms with E-state index < -0.39 is 23.7 Å². The third-order valence-corrected chi connectivity index (χ3v) is 14.0. The molecule has 0 spiro atoms. The highest BCUT2D eigenvalue weighted by molar-refractivity contribution is 5.67. The molecule has 6 nitrogen and oxygen atoms in total. The van der Waals surface area contributed by atoms with Crippen molar-refractivity contribution in [2.45, 2.75) is 132 Å². The summed E-state index contributed by atoms with van der Waals surface area (Å²) in [5.41, 5.74) is 0.554. The average molecular weight is 559 g/mol. The third-order valence-electron chi connectivity index (χ3n) is 14.0. The number of rotatable bonds is 3. The standard InChI is InChI=1S/C34H54O6/c1-20(36)39-27-28(40-21(2)37)30(5)16-17-33(8)22(23(30)18-29(27,3)4)10-11-25-31(6)14-13-26(38)32(7,19-35)24(31)12-15-34(25,33)9/h10,23-28,35,38H,11-19H2,1-9H3/t23-,24?,25-,26+,27+,28-,30-,31+,32+,33-,34-/m1/s1. The zero-order valence-corrected chi connectivity index (χ0v) is 26.4. The third kappa shape index (κ3) is 3.86. The summed E-state index contributed by atoms with van der Waals surface area (Å²) in [6.45, 7) is 19.1. The van der Waals surface area contributed by atoms with Crippen molar-refractivity contribution in [1.82, 2.24) is 0 Å². The predicted molar refractivity (Wildman–Crippen MR) is 154 cm³/mol. The fraction of sp³-hybridized carbons (Fsp3) is 0.882. The maximum atomic E-state index is 12.4. The van der Waals surface area contributed by atoms with Crippen molar-refractivity contribution in [3.63, 3.8) is 0 Å². The predicted octanol–water partition coefficient (Wildman–Crippen LogP) is 6.22. The van der Waals surface area contributed by atoms with Gasteiger partial charge in [-0.15, -0.1) is 0 Å². The van der Waals surface area contributed by atoms with Gasteiger partial charge in [0.1, 0.15) is 12.2 Å². The number of fused-ring (bicyclic) bond motifs is 7. The molecule has 5 rings (SSSR count). The van der Waals surface area contributed by atoms with E-state index in [0.29, 0.717) is 11.8 Å². The lowest BCUT2D eigenvalue weighted by Crippen LogP contribution is -2.67. The number of carbonyl (C=O) groups excluding carboxylic acids is 2. The Morgan fingerprint density at radius 3 is 2.08 bits per heavy atom. The fourth-order valence-corrected chi connectivity index (χ4v) is 11.4. The Kier molecular flexibility index (Phi) is 6.99. The van der Waals surface area contributed by atoms with Gasteiger partial charge in [-0.25, -0.2) is 0 Å². The maximum Gasteiger partial charge on any atom is 0.303 e. The van der Waals surface area contributed by atoms with E-state index in [1.165, 1.54) is 19.4 Å². The highest BCUT2D eigenvalue weighted by Crippen LogP contribution is 2.75. The number of carbonyl (C=O) groups is 2. The molecule has 0 saturated heterocycles. The van der Waals surface area contributed by atoms with E-state index in [4.69, 9.17) is 9.47 Å². The van der Waals surface area contributed by atoms with Gasteiger partial charge in [-0.05, 0) is 85.4 Å². The van der Waals surface area contributed by atoms with Gasteiger partial charge in [-0.1, -0.05) is 60.1 Å². The van der Waals surface area contributed by atoms with Crippen LogP contribution in [-0.4, -0.2) is 47.1 Å². The van der Waals surface area contributed by atoms with Gasteiger partial charge in [0, 0.05) is 30.1 Å². The molecular weight excluding hydrogens is 504 g/mol. The smallest absolute Gasteiger partial charge is 0.303 e. The van der Waals surface area contributed by atoms with E-state index in [0.717, 1.165) is 51.4 Å². The van der Waals surface area contributed by atoms with Crippen LogP contribution in [-0.2, 0) is 19.1 Å². The molecule has 0 aromatic rings. The lowest BCUT2D eigenvalue weighted by atomic mass is 9.33. The molecule has 1 unspecified atom stereocenters. The Morgan fingerprint density at radius 1 is 0.850 bits per heavy atom. The Bertz CT molecular complexity index is 1100. The van der Waals surface area contributed by atoms with E-state index in [9.17, 15) is 19.8 Å². The number of aliphatic hydroxyl groups is 2. The Hall–Kier alpha value is -1.40. The molecule has 0 aliphatic heterocycles. The lowest BCUT2D eigenvalue weighted by molar-refractivity contribution is -0.234. The summed E-state index contributed by atoms with van der Waals surface area (Å²) in [6, 6.07) is 0. The Morgan fingerprint density at radius 2 is 1.48 bits per heavy atom. The Labute approximate surface area is 241 Å². The number of hydrogen-bond acceptors (Lipinski definition) is 6. The van der Waals surface area contributed by atoms with E-state index in [1.54, 1.807) is 0 Å². The van der Waals surface area contributed by atoms with Crippen LogP contribution < -0.4 is 0 Å². The van der Waals surface area contributed by atoms with E-state index in [-0.39, 0.29) is 51.5 Å². The van der Waals surface area contributed by atoms with E-state index in [1.807, 2.05) is 0 Å². The van der Waals surface area contributed by atoms with Crippen molar-refractivity contribution in [1.29, 1.82) is 0 Å². The summed E-state index contributed by atoms with van der Waals surface area (Å²) in [7, 11) is 0. The van der Waals surface area contributed by atoms with Gasteiger partial charge in [-0.3, -0.25) is 9.59 Å². The minimum atomic E-state index is -0.489. The fourth-order valence-electron chi connectivity index (χ4n) is 11.4. The second-order valence-corrected chi connectivity index (χ2v) is 16.3. The number of allylic oxidation sites excluding steroid dienone is 2. The second kappa shape index (κ2) is 9.30. The van der Waals surface area contributed by atoms with E-state index >= 15 is 0 Å². The first kappa shape index (κ1) is 30.1. The van der Waals surface area contributed by atoms with Crippen LogP contribution in [0.2, 0.25) is 0 Å². The molecule has 4 fully saturated rings. The van der Waals surface area contributed by atoms with Gasteiger partial charge in [0.05, 0.1) is 12.7 Å². The molecule has 0 bridgehead atoms. The molecule has 0 aromatic heterocycles. The normalized spacial score (nSPS) is 51.2. The molecule has 11 atom stereocenters. The van der Waals surface area contributed by atoms with Crippen molar-refractivity contribution in [2.75, 3.05) is 6.61 Å². The van der Waals surface area contributed by atoms with Crippen LogP contribution >= 0.6 is 0 Å². The van der Waals surface area contributed by atoms with Crippen LogP contribution in [0.15, 0.2) is 11.6 Å². The van der Waals surface area contributed by atoms with Gasteiger partial charge in [0.15, 0.2) is 0 Å². The molecule has 0 heterocycles. The van der Waals surface area contributed by atoms with Gasteiger partial charge in [-0.2, -0.15) is 0 Å². The number of aliphatic hydroxyl groups excluding tert-OH is 2. The van der Waals surface area contributed by atoms with Crippen LogP contribution in [0.3, 0.4) is 0 Å². The minimum absolute atomic E-state index is 0.00484. The van der Waals surface area contributed by atoms with Crippen LogP contribution in [0.4, 0.5) is 0 Å². The lowest BCUT2D eigenvalue weighted by Gasteiger charge is -2.72. The summed E-state index contributed by atoms with van der Waals surface area (Å²) < 4.78 is 12.0. The Balaban J connectivity index is 1.58. The van der Waals surface area contributed by atoms with Crippen LogP contribution in [0, 0.1) is 50.2 Å². The maximum absolute atomic E-state index is 12.4. The first-order chi connectivity index (χ1) is 18.4. The average Bonchev–Trinajstić information content (AvgIpc) is 2.85. The summed E-state index contributed by atoms with van der Waals surface area (Å²) in [5, 5.41) is 21.5. The summed E-state index contributed by atoms with van der Waals surface area (Å²) in [4.78, 5) is 24.6. The molecule has 5 aliphatic rings. The topological polar surface area (TPSA) is 93.1 Å². The zero-order chi connectivity index (χ0) is 29.7. The molecule has 40 heavy (non-hydrogen) atoms. The summed E-state index contributed by atoms with van der Waals surface area (Å²) in [5.74, 6) is 0.352. The second-order valence-electron chi connectivity index (χ2n) is 16.3. The number of ether oxygens (including phenoxy) is 2. The highest BCUT2D eigenvalue weighted by atomic mass is 16.6. The van der Waals surface area contributed by atoms with Gasteiger partial charge >= 0.3 is 11.9 Å². The molecule has 4 saturated carbocycles. The largest absolute Gasteiger partial charge is 0.458 e. The number of hydrogen-bond donors (Lipinski definition) is 2. The van der Waals surface area contributed by atoms with Crippen LogP contribution in [0.25, 0.3) is 0 Å². The van der Waals surface area contributed by atoms with Gasteiger partial charge < -0.3 is 19.7 Å². The molecule has 0 aromatic carbocycles. The van der Waals surface area contributed by atoms with Crippen LogP contribution in [0.1, 0.15) is 114 Å². The van der Waals surface area contributed by atoms with Crippen molar-refractivity contribution in [3.05, 3.63) is 11.6 Å². The monoisotopic (exact) mass is 558 g/mol. The first-order valence-corrected chi connectivity index (χ1v) is 15.7. The SMILES string of the molecule is CC(=O)O[C@@H]1[C@H](OC(C)=O)C(C)(C)C[C@@H]2C3=CC[C@@H]4[C@@]5(C)CC[C@H](O)[C@@](C)(CO)C5CC[C@@]4(C)[C@]3(C)CC[C@]21C. The van der Waals surface area contributed by atoms with E-state index in [2.05, 4.69) is 54.5 Å². The molecule has 226 valence electrons. The minimum Gasteiger partial charge on any atom is -0.458 e. The van der Waals surface area contributed by atoms with Crippen molar-refractivity contribution >= 4 is 11.9 Å². The summed E-state index contributed by atoms with van der Waals surface area (Å²) >= 11 is 0. The molecule has 0 radical (unpaired) electrons. The molecule has 0 amide bonds. The van der Waals surface area contributed by atoms with Gasteiger partial charge in [0.25, 0.3) is 0 Å². The summed E-state index contributed by atoms with van der Waals surface area (Å²) in [6.07, 6.45) is 8.80. The highest BCUT2D eigenvalue weighted by Gasteiger charge is 2.70. The quantitative estimate of drug-likeness (QED) is 0.315. The zero-order valence-electron chi connectivity index (χ0n) is 26.4. The molecular formula is C34H54O6. The van der Waals surface area contributed by atoms with Gasteiger partial charge in [0.2, 0.25) is 0 Å². The molecule has 2 N–H and O–H groups in total. The number of esters is 2. The van der Waals surface area contributed by atoms with Crippen molar-refractivity contribution < 1.29 is 29.3 Å². The molecule has 6 heteroatoms.